The van der Waals surface area contributed by atoms with E-state index >= 15 is 0 Å². The minimum Gasteiger partial charge on any atom is -0.457 e. The molecule has 3 amide bonds. The van der Waals surface area contributed by atoms with E-state index in [0.717, 1.165) is 28.2 Å². The van der Waals surface area contributed by atoms with E-state index in [1.54, 1.807) is 60.6 Å². The van der Waals surface area contributed by atoms with Gasteiger partial charge >= 0.3 is 0 Å². The van der Waals surface area contributed by atoms with Crippen molar-refractivity contribution in [2.75, 3.05) is 40.9 Å². The predicted octanol–water partition coefficient (Wildman–Crippen LogP) is 7.99. The number of hydrogen-bond acceptors (Lipinski definition) is 9. The Morgan fingerprint density at radius 2 is 1.65 bits per heavy atom. The van der Waals surface area contributed by atoms with Gasteiger partial charge in [-0.05, 0) is 112 Å². The number of pyridine rings is 1. The standard InChI is InChI=1S/C50H57Cl2N7O6.ClH/c1-33-44(60)23-39(31-64-5)48(62)55-50(26-34-9-14-40(51)15-10-34)19-7-21-58(32-50)49(63)38(22-35-8-6-20-53-27-35)24-47(61)59(33)29-37-11-16-41(52)25-45(37)65-42-17-12-36(13-18-42)43-28-54-46(57(43)4)30-56(2)3;/h6,8-18,20,25,27-28,33,38-39H,7,19,21-24,26,29-32H2,1-5H3,(H,55,62);1H/t33-,38+,39-,50+;/m0./s1. The lowest BCUT2D eigenvalue weighted by Crippen LogP contribution is -2.63. The number of rotatable bonds is 13. The van der Waals surface area contributed by atoms with Crippen LogP contribution in [-0.4, -0.2) is 105 Å². The van der Waals surface area contributed by atoms with E-state index in [2.05, 4.69) is 24.8 Å². The van der Waals surface area contributed by atoms with Crippen molar-refractivity contribution in [2.24, 2.45) is 18.9 Å². The molecule has 2 aliphatic heterocycles. The number of nitrogens with zero attached hydrogens (tertiary/aromatic N) is 6. The van der Waals surface area contributed by atoms with Crippen LogP contribution in [0.2, 0.25) is 10.0 Å². The predicted molar refractivity (Wildman–Crippen MR) is 258 cm³/mol. The number of ketones is 1. The zero-order valence-corrected chi connectivity index (χ0v) is 40.4. The van der Waals surface area contributed by atoms with Gasteiger partial charge in [0.15, 0.2) is 5.78 Å². The van der Waals surface area contributed by atoms with Crippen LogP contribution in [0.1, 0.15) is 55.1 Å². The zero-order chi connectivity index (χ0) is 46.3. The highest BCUT2D eigenvalue weighted by Crippen LogP contribution is 2.34. The van der Waals surface area contributed by atoms with Crippen LogP contribution in [0.3, 0.4) is 0 Å². The number of halogens is 3. The molecule has 0 radical (unpaired) electrons. The van der Waals surface area contributed by atoms with Gasteiger partial charge in [-0.3, -0.25) is 24.2 Å². The summed E-state index contributed by atoms with van der Waals surface area (Å²) in [5.74, 6) is -1.05. The average Bonchev–Trinajstić information content (AvgIpc) is 3.64. The first kappa shape index (κ1) is 50.1. The molecule has 2 bridgehead atoms. The maximum absolute atomic E-state index is 15.0. The summed E-state index contributed by atoms with van der Waals surface area (Å²) >= 11 is 12.8. The minimum absolute atomic E-state index is 0. The molecule has 350 valence electrons. The highest BCUT2D eigenvalue weighted by atomic mass is 35.5. The summed E-state index contributed by atoms with van der Waals surface area (Å²) in [6.07, 6.45) is 6.78. The molecule has 0 aliphatic carbocycles. The second-order valence-corrected chi connectivity index (χ2v) is 18.5. The van der Waals surface area contributed by atoms with Gasteiger partial charge in [-0.25, -0.2) is 4.98 Å². The number of piperidine rings is 1. The molecule has 66 heavy (non-hydrogen) atoms. The molecule has 16 heteroatoms. The molecule has 4 atom stereocenters. The lowest BCUT2D eigenvalue weighted by molar-refractivity contribution is -0.147. The minimum atomic E-state index is -0.992. The van der Waals surface area contributed by atoms with Crippen molar-refractivity contribution in [3.8, 4) is 22.8 Å². The fraction of sp³-hybridized carbons (Fsp3) is 0.400. The molecule has 0 spiro atoms. The number of amides is 3. The van der Waals surface area contributed by atoms with Crippen molar-refractivity contribution in [1.29, 1.82) is 0 Å². The molecule has 2 aromatic heterocycles. The number of benzene rings is 3. The molecule has 1 N–H and O–H groups in total. The maximum Gasteiger partial charge on any atom is 0.226 e. The normalized spacial score (nSPS) is 20.8. The molecule has 2 fully saturated rings. The van der Waals surface area contributed by atoms with Crippen molar-refractivity contribution in [2.45, 2.75) is 70.1 Å². The Hall–Kier alpha value is -5.31. The lowest BCUT2D eigenvalue weighted by atomic mass is 9.81. The van der Waals surface area contributed by atoms with Crippen molar-refractivity contribution in [3.63, 3.8) is 0 Å². The van der Waals surface area contributed by atoms with Gasteiger partial charge < -0.3 is 34.1 Å². The van der Waals surface area contributed by atoms with Crippen molar-refractivity contribution in [3.05, 3.63) is 130 Å². The highest BCUT2D eigenvalue weighted by Gasteiger charge is 2.43. The van der Waals surface area contributed by atoms with Gasteiger partial charge in [0.25, 0.3) is 0 Å². The zero-order valence-electron chi connectivity index (χ0n) is 38.0. The fourth-order valence-electron chi connectivity index (χ4n) is 8.96. The van der Waals surface area contributed by atoms with Gasteiger partial charge in [-0.15, -0.1) is 12.4 Å². The van der Waals surface area contributed by atoms with Crippen LogP contribution >= 0.6 is 35.6 Å². The largest absolute Gasteiger partial charge is 0.457 e. The topological polar surface area (TPSA) is 139 Å². The first-order chi connectivity index (χ1) is 31.2. The van der Waals surface area contributed by atoms with Gasteiger partial charge in [0, 0.05) is 73.7 Å². The summed E-state index contributed by atoms with van der Waals surface area (Å²) in [6, 6.07) is 23.0. The summed E-state index contributed by atoms with van der Waals surface area (Å²) in [5.41, 5.74) is 3.40. The van der Waals surface area contributed by atoms with E-state index in [1.165, 1.54) is 12.0 Å². The van der Waals surface area contributed by atoms with Gasteiger partial charge in [-0.2, -0.15) is 0 Å². The number of carbonyl (C=O) groups is 4. The molecule has 4 heterocycles. The van der Waals surface area contributed by atoms with E-state index in [1.807, 2.05) is 69.8 Å². The molecule has 0 saturated carbocycles. The van der Waals surface area contributed by atoms with Crippen LogP contribution in [0.15, 0.2) is 97.5 Å². The number of carbonyl (C=O) groups excluding carboxylic acids is 4. The number of aromatic nitrogens is 3. The number of fused-ring (bicyclic) bond motifs is 2. The van der Waals surface area contributed by atoms with Gasteiger partial charge in [-0.1, -0.05) is 47.5 Å². The van der Waals surface area contributed by atoms with Crippen molar-refractivity contribution >= 4 is 59.1 Å². The first-order valence-electron chi connectivity index (χ1n) is 22.0. The van der Waals surface area contributed by atoms with Crippen molar-refractivity contribution < 1.29 is 28.7 Å². The second-order valence-electron chi connectivity index (χ2n) is 17.7. The summed E-state index contributed by atoms with van der Waals surface area (Å²) < 4.78 is 14.1. The average molecular weight is 959 g/mol. The summed E-state index contributed by atoms with van der Waals surface area (Å²) in [7, 11) is 7.49. The Morgan fingerprint density at radius 1 is 0.909 bits per heavy atom. The molecule has 0 unspecified atom stereocenters. The lowest BCUT2D eigenvalue weighted by Gasteiger charge is -2.45. The Morgan fingerprint density at radius 3 is 2.35 bits per heavy atom. The Bertz CT molecular complexity index is 2470. The summed E-state index contributed by atoms with van der Waals surface area (Å²) in [5, 5.41) is 4.34. The maximum atomic E-state index is 15.0. The van der Waals surface area contributed by atoms with Crippen LogP contribution < -0.4 is 10.1 Å². The van der Waals surface area contributed by atoms with E-state index in [4.69, 9.17) is 32.7 Å². The number of hydrogen-bond donors (Lipinski definition) is 1. The molecule has 2 aliphatic rings. The second kappa shape index (κ2) is 22.5. The van der Waals surface area contributed by atoms with Crippen LogP contribution in [-0.2, 0) is 56.9 Å². The summed E-state index contributed by atoms with van der Waals surface area (Å²) in [4.78, 5) is 73.0. The third-order valence-corrected chi connectivity index (χ3v) is 12.9. The van der Waals surface area contributed by atoms with Crippen LogP contribution in [0.5, 0.6) is 11.5 Å². The number of imidazole rings is 1. The fourth-order valence-corrected chi connectivity index (χ4v) is 9.25. The quantitative estimate of drug-likeness (QED) is 0.125. The van der Waals surface area contributed by atoms with E-state index < -0.39 is 29.3 Å². The molecular formula is C50H58Cl3N7O6. The van der Waals surface area contributed by atoms with Crippen LogP contribution in [0.4, 0.5) is 0 Å². The van der Waals surface area contributed by atoms with E-state index in [-0.39, 0.29) is 69.0 Å². The Balaban J connectivity index is 0.00000720. The third kappa shape index (κ3) is 12.4. The Labute approximate surface area is 403 Å². The number of ether oxygens (including phenoxy) is 2. The van der Waals surface area contributed by atoms with Crippen molar-refractivity contribution in [1.82, 2.24) is 34.6 Å². The molecular weight excluding hydrogens is 901 g/mol. The number of methoxy groups -OCH3 is 1. The van der Waals surface area contributed by atoms with Gasteiger partial charge in [0.1, 0.15) is 17.3 Å². The number of Topliss-reactive ketones (excluding diaryl/α,β-unsaturated/α-hetero) is 1. The molecule has 3 aromatic carbocycles. The van der Waals surface area contributed by atoms with Gasteiger partial charge in [0.05, 0.1) is 55.0 Å². The Kier molecular flexibility index (Phi) is 17.0. The SMILES string of the molecule is COC[C@@H]1CC(=O)[C@H](C)N(Cc2ccc(Cl)cc2Oc2ccc(-c3cnc(CN(C)C)n3C)cc2)C(=O)C[C@@H](Cc2cccnc2)C(=O)N2CCC[C@@](Cc3ccc(Cl)cc3)(C2)NC1=O.Cl. The van der Waals surface area contributed by atoms with E-state index in [0.29, 0.717) is 59.5 Å². The van der Waals surface area contributed by atoms with Gasteiger partial charge in [0.2, 0.25) is 17.7 Å². The first-order valence-corrected chi connectivity index (χ1v) is 22.7. The summed E-state index contributed by atoms with van der Waals surface area (Å²) in [6.45, 7) is 3.00. The smallest absolute Gasteiger partial charge is 0.226 e. The number of nitrogens with one attached hydrogen (secondary N) is 1. The van der Waals surface area contributed by atoms with Crippen LogP contribution in [0.25, 0.3) is 11.3 Å². The third-order valence-electron chi connectivity index (χ3n) is 12.4. The van der Waals surface area contributed by atoms with E-state index in [9.17, 15) is 19.2 Å². The highest BCUT2D eigenvalue weighted by molar-refractivity contribution is 6.31. The van der Waals surface area contributed by atoms with Crippen LogP contribution in [0, 0.1) is 11.8 Å². The molecule has 2 saturated heterocycles. The molecule has 5 aromatic rings. The molecule has 7 rings (SSSR count). The monoisotopic (exact) mass is 957 g/mol. The molecule has 13 nitrogen and oxygen atoms in total.